The molecule has 1 saturated heterocycles. The molecule has 6 heteroatoms. The van der Waals surface area contributed by atoms with Crippen LogP contribution in [0.15, 0.2) is 35.5 Å². The van der Waals surface area contributed by atoms with Gasteiger partial charge in [-0.3, -0.25) is 9.59 Å². The monoisotopic (exact) mass is 346 g/mol. The molecule has 3 rings (SSSR count). The molecule has 25 heavy (non-hydrogen) atoms. The first-order valence-corrected chi connectivity index (χ1v) is 8.31. The van der Waals surface area contributed by atoms with E-state index in [2.05, 4.69) is 6.58 Å². The summed E-state index contributed by atoms with van der Waals surface area (Å²) in [7, 11) is 0. The number of rotatable bonds is 2. The molecule has 0 bridgehead atoms. The van der Waals surface area contributed by atoms with E-state index < -0.39 is 35.2 Å². The lowest BCUT2D eigenvalue weighted by Crippen LogP contribution is -2.58. The van der Waals surface area contributed by atoms with E-state index in [-0.39, 0.29) is 23.7 Å². The van der Waals surface area contributed by atoms with Crippen LogP contribution in [0.5, 0.6) is 0 Å². The smallest absolute Gasteiger partial charge is 0.335 e. The summed E-state index contributed by atoms with van der Waals surface area (Å²) in [4.78, 5) is 36.5. The second kappa shape index (κ2) is 5.39. The van der Waals surface area contributed by atoms with Gasteiger partial charge in [-0.1, -0.05) is 20.4 Å². The topological polar surface area (TPSA) is 89.9 Å². The van der Waals surface area contributed by atoms with Gasteiger partial charge >= 0.3 is 11.9 Å². The van der Waals surface area contributed by atoms with E-state index >= 15 is 0 Å². The first kappa shape index (κ1) is 17.6. The van der Waals surface area contributed by atoms with Crippen molar-refractivity contribution in [1.29, 1.82) is 0 Å². The van der Waals surface area contributed by atoms with E-state index in [4.69, 9.17) is 9.47 Å². The molecule has 2 fully saturated rings. The van der Waals surface area contributed by atoms with Crippen LogP contribution in [0.2, 0.25) is 0 Å². The Balaban J connectivity index is 2.15. The number of aliphatic hydroxyl groups is 1. The van der Waals surface area contributed by atoms with Gasteiger partial charge in [-0.05, 0) is 31.6 Å². The van der Waals surface area contributed by atoms with Crippen LogP contribution in [-0.2, 0) is 23.9 Å². The number of carbonyl (C=O) groups is 3. The number of esters is 2. The van der Waals surface area contributed by atoms with E-state index in [0.29, 0.717) is 11.1 Å². The highest BCUT2D eigenvalue weighted by Gasteiger charge is 2.65. The van der Waals surface area contributed by atoms with Crippen molar-refractivity contribution in [3.8, 4) is 0 Å². The van der Waals surface area contributed by atoms with Crippen LogP contribution in [-0.4, -0.2) is 40.1 Å². The normalized spacial score (nSPS) is 37.1. The Morgan fingerprint density at radius 1 is 1.44 bits per heavy atom. The molecule has 0 radical (unpaired) electrons. The van der Waals surface area contributed by atoms with Gasteiger partial charge in [0, 0.05) is 17.6 Å². The van der Waals surface area contributed by atoms with Gasteiger partial charge in [0.05, 0.1) is 17.4 Å². The van der Waals surface area contributed by atoms with Crippen molar-refractivity contribution in [3.05, 3.63) is 35.5 Å². The number of hydrogen-bond donors (Lipinski definition) is 1. The van der Waals surface area contributed by atoms with Crippen LogP contribution < -0.4 is 0 Å². The SMILES string of the molecule is C=C1C(=O)OC23C=C(C)C(=O)C=C2C(C)(O)CC(OC(=O)C(C)C)C13. The van der Waals surface area contributed by atoms with E-state index in [1.165, 1.54) is 13.0 Å². The van der Waals surface area contributed by atoms with Crippen molar-refractivity contribution < 1.29 is 29.0 Å². The molecule has 1 heterocycles. The summed E-state index contributed by atoms with van der Waals surface area (Å²) in [6.45, 7) is 10.4. The van der Waals surface area contributed by atoms with Gasteiger partial charge in [0.2, 0.25) is 0 Å². The maximum Gasteiger partial charge on any atom is 0.335 e. The number of carbonyl (C=O) groups excluding carboxylic acids is 3. The molecule has 6 nitrogen and oxygen atoms in total. The first-order chi connectivity index (χ1) is 11.5. The molecule has 1 N–H and O–H groups in total. The quantitative estimate of drug-likeness (QED) is 0.604. The van der Waals surface area contributed by atoms with Gasteiger partial charge in [-0.25, -0.2) is 4.79 Å². The maximum absolute atomic E-state index is 12.3. The van der Waals surface area contributed by atoms with Crippen molar-refractivity contribution in [2.75, 3.05) is 0 Å². The van der Waals surface area contributed by atoms with Crippen molar-refractivity contribution in [1.82, 2.24) is 0 Å². The summed E-state index contributed by atoms with van der Waals surface area (Å²) in [6, 6.07) is 0. The van der Waals surface area contributed by atoms with Crippen molar-refractivity contribution >= 4 is 17.7 Å². The highest BCUT2D eigenvalue weighted by molar-refractivity contribution is 6.07. The zero-order valence-corrected chi connectivity index (χ0v) is 14.8. The highest BCUT2D eigenvalue weighted by atomic mass is 16.6. The van der Waals surface area contributed by atoms with Crippen molar-refractivity contribution in [2.45, 2.75) is 51.4 Å². The summed E-state index contributed by atoms with van der Waals surface area (Å²) in [5, 5.41) is 10.9. The van der Waals surface area contributed by atoms with Gasteiger partial charge < -0.3 is 14.6 Å². The van der Waals surface area contributed by atoms with Crippen molar-refractivity contribution in [3.63, 3.8) is 0 Å². The van der Waals surface area contributed by atoms with E-state index in [1.807, 2.05) is 0 Å². The van der Waals surface area contributed by atoms with E-state index in [0.717, 1.165) is 0 Å². The van der Waals surface area contributed by atoms with Gasteiger partial charge in [-0.2, -0.15) is 0 Å². The lowest BCUT2D eigenvalue weighted by atomic mass is 9.61. The van der Waals surface area contributed by atoms with Gasteiger partial charge in [-0.15, -0.1) is 0 Å². The summed E-state index contributed by atoms with van der Waals surface area (Å²) in [5.41, 5.74) is -1.90. The average molecular weight is 346 g/mol. The predicted octanol–water partition coefficient (Wildman–Crippen LogP) is 1.63. The second-order valence-corrected chi connectivity index (χ2v) is 7.54. The Bertz CT molecular complexity index is 754. The number of ketones is 1. The number of hydrogen-bond acceptors (Lipinski definition) is 6. The number of allylic oxidation sites excluding steroid dienone is 2. The molecule has 1 aliphatic heterocycles. The van der Waals surface area contributed by atoms with Crippen molar-refractivity contribution in [2.24, 2.45) is 11.8 Å². The second-order valence-electron chi connectivity index (χ2n) is 7.54. The third-order valence-electron chi connectivity index (χ3n) is 5.17. The zero-order valence-electron chi connectivity index (χ0n) is 14.8. The van der Waals surface area contributed by atoms with Crippen LogP contribution >= 0.6 is 0 Å². The lowest BCUT2D eigenvalue weighted by Gasteiger charge is -2.49. The summed E-state index contributed by atoms with van der Waals surface area (Å²) >= 11 is 0. The fourth-order valence-electron chi connectivity index (χ4n) is 3.93. The fraction of sp³-hybridized carbons (Fsp3) is 0.526. The molecule has 0 aromatic heterocycles. The zero-order chi connectivity index (χ0) is 18.7. The molecule has 4 unspecified atom stereocenters. The Hall–Kier alpha value is -2.21. The molecule has 3 aliphatic rings. The molecule has 134 valence electrons. The molecule has 0 aromatic carbocycles. The van der Waals surface area contributed by atoms with Gasteiger partial charge in [0.15, 0.2) is 11.4 Å². The minimum atomic E-state index is -1.46. The summed E-state index contributed by atoms with van der Waals surface area (Å²) in [6.07, 6.45) is 2.15. The van der Waals surface area contributed by atoms with Crippen LogP contribution in [0.4, 0.5) is 0 Å². The maximum atomic E-state index is 12.3. The summed E-state index contributed by atoms with van der Waals surface area (Å²) in [5.74, 6) is -2.31. The summed E-state index contributed by atoms with van der Waals surface area (Å²) < 4.78 is 11.2. The van der Waals surface area contributed by atoms with Crippen LogP contribution in [0.25, 0.3) is 0 Å². The third-order valence-corrected chi connectivity index (χ3v) is 5.17. The van der Waals surface area contributed by atoms with Crippen LogP contribution in [0.3, 0.4) is 0 Å². The van der Waals surface area contributed by atoms with E-state index in [1.54, 1.807) is 26.8 Å². The molecule has 2 aliphatic carbocycles. The molecule has 0 amide bonds. The molecule has 1 saturated carbocycles. The van der Waals surface area contributed by atoms with Gasteiger partial charge in [0.25, 0.3) is 0 Å². The Morgan fingerprint density at radius 3 is 2.68 bits per heavy atom. The minimum Gasteiger partial charge on any atom is -0.461 e. The van der Waals surface area contributed by atoms with E-state index in [9.17, 15) is 19.5 Å². The third kappa shape index (κ3) is 2.47. The Morgan fingerprint density at radius 2 is 2.08 bits per heavy atom. The molecular formula is C19H22O6. The molecular weight excluding hydrogens is 324 g/mol. The molecule has 4 atom stereocenters. The van der Waals surface area contributed by atoms with Gasteiger partial charge in [0.1, 0.15) is 6.10 Å². The minimum absolute atomic E-state index is 0.0551. The van der Waals surface area contributed by atoms with Crippen LogP contribution in [0.1, 0.15) is 34.1 Å². The highest BCUT2D eigenvalue weighted by Crippen LogP contribution is 2.55. The molecule has 1 spiro atoms. The largest absolute Gasteiger partial charge is 0.461 e. The van der Waals surface area contributed by atoms with Crippen LogP contribution in [0, 0.1) is 11.8 Å². The Kier molecular flexibility index (Phi) is 3.80. The first-order valence-electron chi connectivity index (χ1n) is 8.31. The number of ether oxygens (including phenoxy) is 2. The average Bonchev–Trinajstić information content (AvgIpc) is 2.73. The predicted molar refractivity (Wildman–Crippen MR) is 88.3 cm³/mol. The fourth-order valence-corrected chi connectivity index (χ4v) is 3.93. The standard InChI is InChI=1S/C19H22O6/c1-9(2)16(21)24-13-8-18(5,23)14-6-12(20)10(3)7-19(14)15(13)11(4)17(22)25-19/h6-7,9,13,15,23H,4,8H2,1-3,5H3. The Labute approximate surface area is 146 Å². The lowest BCUT2D eigenvalue weighted by molar-refractivity contribution is -0.167. The molecule has 0 aromatic rings.